The van der Waals surface area contributed by atoms with Gasteiger partial charge in [-0.15, -0.1) is 0 Å². The minimum atomic E-state index is 0.0317. The summed E-state index contributed by atoms with van der Waals surface area (Å²) in [5.41, 5.74) is 10.9. The molecular formula is C17H21BrN2O2. The summed E-state index contributed by atoms with van der Waals surface area (Å²) in [5.74, 6) is 0. The number of hydrogen-bond donors (Lipinski definition) is 3. The van der Waals surface area contributed by atoms with Crippen molar-refractivity contribution in [1.82, 2.24) is 0 Å². The molecule has 0 spiro atoms. The molecule has 5 heteroatoms. The summed E-state index contributed by atoms with van der Waals surface area (Å²) in [6.07, 6.45) is 0. The molecule has 0 aliphatic heterocycles. The van der Waals surface area contributed by atoms with Crippen molar-refractivity contribution in [3.8, 4) is 11.1 Å². The lowest BCUT2D eigenvalue weighted by Crippen LogP contribution is -2.30. The highest BCUT2D eigenvalue weighted by Crippen LogP contribution is 2.35. The number of nitrogen functional groups attached to an aromatic ring is 1. The molecule has 118 valence electrons. The van der Waals surface area contributed by atoms with Crippen LogP contribution in [0.15, 0.2) is 42.5 Å². The molecule has 0 aliphatic rings. The molecule has 22 heavy (non-hydrogen) atoms. The zero-order valence-corrected chi connectivity index (χ0v) is 14.0. The molecule has 0 unspecified atom stereocenters. The lowest BCUT2D eigenvalue weighted by atomic mass is 9.97. The first-order valence-electron chi connectivity index (χ1n) is 7.21. The fraction of sp³-hybridized carbons (Fsp3) is 0.294. The van der Waals surface area contributed by atoms with Gasteiger partial charge in [-0.1, -0.05) is 40.2 Å². The van der Waals surface area contributed by atoms with E-state index >= 15 is 0 Å². The molecule has 0 amide bonds. The van der Waals surface area contributed by atoms with Crippen molar-refractivity contribution in [2.45, 2.75) is 5.33 Å². The largest absolute Gasteiger partial charge is 0.399 e. The first kappa shape index (κ1) is 16.8. The highest BCUT2D eigenvalue weighted by molar-refractivity contribution is 9.08. The number of nitrogens with two attached hydrogens (primary N) is 1. The third-order valence-corrected chi connectivity index (χ3v) is 4.16. The van der Waals surface area contributed by atoms with E-state index in [0.29, 0.717) is 18.8 Å². The smallest absolute Gasteiger partial charge is 0.0606 e. The number of benzene rings is 2. The Balaban J connectivity index is 2.56. The van der Waals surface area contributed by atoms with E-state index in [-0.39, 0.29) is 13.2 Å². The van der Waals surface area contributed by atoms with Crippen LogP contribution in [-0.2, 0) is 5.33 Å². The van der Waals surface area contributed by atoms with E-state index in [2.05, 4.69) is 28.1 Å². The predicted octanol–water partition coefficient (Wildman–Crippen LogP) is 2.62. The molecule has 0 saturated carbocycles. The molecule has 4 N–H and O–H groups in total. The average Bonchev–Trinajstić information content (AvgIpc) is 2.54. The van der Waals surface area contributed by atoms with Crippen molar-refractivity contribution in [3.05, 3.63) is 48.0 Å². The van der Waals surface area contributed by atoms with Gasteiger partial charge < -0.3 is 20.8 Å². The predicted molar refractivity (Wildman–Crippen MR) is 95.3 cm³/mol. The van der Waals surface area contributed by atoms with E-state index in [0.717, 1.165) is 22.1 Å². The van der Waals surface area contributed by atoms with Gasteiger partial charge in [0, 0.05) is 35.4 Å². The number of anilines is 2. The van der Waals surface area contributed by atoms with Gasteiger partial charge in [-0.3, -0.25) is 0 Å². The Kier molecular flexibility index (Phi) is 6.24. The van der Waals surface area contributed by atoms with Crippen molar-refractivity contribution in [1.29, 1.82) is 0 Å². The van der Waals surface area contributed by atoms with Gasteiger partial charge in [0.15, 0.2) is 0 Å². The van der Waals surface area contributed by atoms with Crippen LogP contribution >= 0.6 is 15.9 Å². The quantitative estimate of drug-likeness (QED) is 0.521. The number of hydrogen-bond acceptors (Lipinski definition) is 4. The zero-order chi connectivity index (χ0) is 15.9. The molecule has 0 heterocycles. The van der Waals surface area contributed by atoms with E-state index in [1.54, 1.807) is 0 Å². The standard InChI is InChI=1S/C17H21BrN2O2/c18-12-13-3-1-2-4-15(13)16-11-14(19)5-6-17(16)20(7-9-21)8-10-22/h1-6,11,21-22H,7-10,12,19H2. The Morgan fingerprint density at radius 1 is 0.955 bits per heavy atom. The molecule has 4 nitrogen and oxygen atoms in total. The Hall–Kier alpha value is -1.56. The van der Waals surface area contributed by atoms with Crippen LogP contribution in [0, 0.1) is 0 Å². The molecule has 0 atom stereocenters. The Morgan fingerprint density at radius 3 is 2.27 bits per heavy atom. The minimum absolute atomic E-state index is 0.0317. The Bertz CT molecular complexity index is 613. The first-order valence-corrected chi connectivity index (χ1v) is 8.33. The molecule has 0 aromatic heterocycles. The molecule has 2 aromatic rings. The SMILES string of the molecule is Nc1ccc(N(CCO)CCO)c(-c2ccccc2CBr)c1. The lowest BCUT2D eigenvalue weighted by molar-refractivity contribution is 0.281. The highest BCUT2D eigenvalue weighted by atomic mass is 79.9. The molecule has 0 aliphatic carbocycles. The van der Waals surface area contributed by atoms with Crippen LogP contribution in [-0.4, -0.2) is 36.5 Å². The third-order valence-electron chi connectivity index (χ3n) is 3.55. The molecular weight excluding hydrogens is 344 g/mol. The number of nitrogens with zero attached hydrogens (tertiary/aromatic N) is 1. The first-order chi connectivity index (χ1) is 10.7. The fourth-order valence-electron chi connectivity index (χ4n) is 2.54. The zero-order valence-electron chi connectivity index (χ0n) is 12.4. The Labute approximate surface area is 139 Å². The van der Waals surface area contributed by atoms with Crippen LogP contribution in [0.2, 0.25) is 0 Å². The van der Waals surface area contributed by atoms with Crippen LogP contribution in [0.5, 0.6) is 0 Å². The van der Waals surface area contributed by atoms with Gasteiger partial charge in [0.25, 0.3) is 0 Å². The van der Waals surface area contributed by atoms with E-state index in [1.165, 1.54) is 5.56 Å². The van der Waals surface area contributed by atoms with E-state index in [1.807, 2.05) is 35.2 Å². The minimum Gasteiger partial charge on any atom is -0.399 e. The molecule has 0 bridgehead atoms. The van der Waals surface area contributed by atoms with Gasteiger partial charge in [-0.05, 0) is 29.3 Å². The van der Waals surface area contributed by atoms with Crippen LogP contribution in [0.4, 0.5) is 11.4 Å². The summed E-state index contributed by atoms with van der Waals surface area (Å²) in [4.78, 5) is 1.97. The summed E-state index contributed by atoms with van der Waals surface area (Å²) >= 11 is 3.52. The average molecular weight is 365 g/mol. The fourth-order valence-corrected chi connectivity index (χ4v) is 3.03. The van der Waals surface area contributed by atoms with Crippen molar-refractivity contribution in [2.24, 2.45) is 0 Å². The molecule has 0 fully saturated rings. The van der Waals surface area contributed by atoms with Crippen LogP contribution in [0.25, 0.3) is 11.1 Å². The molecule has 0 saturated heterocycles. The van der Waals surface area contributed by atoms with E-state index in [4.69, 9.17) is 5.73 Å². The molecule has 0 radical (unpaired) electrons. The number of aliphatic hydroxyl groups is 2. The monoisotopic (exact) mass is 364 g/mol. The van der Waals surface area contributed by atoms with Crippen molar-refractivity contribution < 1.29 is 10.2 Å². The van der Waals surface area contributed by atoms with Gasteiger partial charge >= 0.3 is 0 Å². The van der Waals surface area contributed by atoms with Gasteiger partial charge in [-0.25, -0.2) is 0 Å². The maximum absolute atomic E-state index is 9.29. The second kappa shape index (κ2) is 8.17. The third kappa shape index (κ3) is 3.80. The summed E-state index contributed by atoms with van der Waals surface area (Å²) < 4.78 is 0. The molecule has 2 aromatic carbocycles. The highest BCUT2D eigenvalue weighted by Gasteiger charge is 2.14. The summed E-state index contributed by atoms with van der Waals surface area (Å²) in [5, 5.41) is 19.3. The topological polar surface area (TPSA) is 69.7 Å². The van der Waals surface area contributed by atoms with Crippen molar-refractivity contribution in [3.63, 3.8) is 0 Å². The second-order valence-corrected chi connectivity index (χ2v) is 5.56. The maximum atomic E-state index is 9.29. The van der Waals surface area contributed by atoms with Crippen molar-refractivity contribution in [2.75, 3.05) is 36.9 Å². The van der Waals surface area contributed by atoms with Gasteiger partial charge in [-0.2, -0.15) is 0 Å². The van der Waals surface area contributed by atoms with Crippen LogP contribution in [0.3, 0.4) is 0 Å². The van der Waals surface area contributed by atoms with E-state index < -0.39 is 0 Å². The summed E-state index contributed by atoms with van der Waals surface area (Å²) in [6, 6.07) is 13.9. The Morgan fingerprint density at radius 2 is 1.64 bits per heavy atom. The maximum Gasteiger partial charge on any atom is 0.0606 e. The number of halogens is 1. The summed E-state index contributed by atoms with van der Waals surface area (Å²) in [6.45, 7) is 0.996. The van der Waals surface area contributed by atoms with Gasteiger partial charge in [0.1, 0.15) is 0 Å². The van der Waals surface area contributed by atoms with Gasteiger partial charge in [0.05, 0.1) is 13.2 Å². The number of rotatable bonds is 7. The number of alkyl halides is 1. The summed E-state index contributed by atoms with van der Waals surface area (Å²) in [7, 11) is 0. The lowest BCUT2D eigenvalue weighted by Gasteiger charge is -2.26. The van der Waals surface area contributed by atoms with Crippen molar-refractivity contribution >= 4 is 27.3 Å². The number of aliphatic hydroxyl groups excluding tert-OH is 2. The second-order valence-electron chi connectivity index (χ2n) is 5.00. The van der Waals surface area contributed by atoms with E-state index in [9.17, 15) is 10.2 Å². The van der Waals surface area contributed by atoms with Crippen LogP contribution in [0.1, 0.15) is 5.56 Å². The van der Waals surface area contributed by atoms with Gasteiger partial charge in [0.2, 0.25) is 0 Å². The van der Waals surface area contributed by atoms with Crippen LogP contribution < -0.4 is 10.6 Å². The molecule has 2 rings (SSSR count). The normalized spacial score (nSPS) is 10.7.